The van der Waals surface area contributed by atoms with Gasteiger partial charge in [-0.15, -0.1) is 0 Å². The van der Waals surface area contributed by atoms with Crippen molar-refractivity contribution >= 4 is 0 Å². The van der Waals surface area contributed by atoms with Crippen molar-refractivity contribution in [2.75, 3.05) is 0 Å². The molecule has 0 unspecified atom stereocenters. The third-order valence-corrected chi connectivity index (χ3v) is 4.71. The molecule has 2 heteroatoms. The maximum Gasteiger partial charge on any atom is 0.0603 e. The summed E-state index contributed by atoms with van der Waals surface area (Å²) in [4.78, 5) is 0. The summed E-state index contributed by atoms with van der Waals surface area (Å²) in [5.74, 6) is 0.303. The van der Waals surface area contributed by atoms with Gasteiger partial charge in [0.05, 0.1) is 12.2 Å². The summed E-state index contributed by atoms with van der Waals surface area (Å²) in [6.45, 7) is 6.45. The Kier molecular flexibility index (Phi) is 1.45. The summed E-state index contributed by atoms with van der Waals surface area (Å²) < 4.78 is 0. The average molecular weight is 170 g/mol. The molecule has 0 aromatic rings. The molecule has 2 bridgehead atoms. The van der Waals surface area contributed by atoms with Crippen molar-refractivity contribution in [2.24, 2.45) is 16.7 Å². The molecule has 0 aromatic heterocycles. The molecule has 2 N–H and O–H groups in total. The van der Waals surface area contributed by atoms with Crippen LogP contribution in [-0.4, -0.2) is 22.4 Å². The molecule has 70 valence electrons. The lowest BCUT2D eigenvalue weighted by Crippen LogP contribution is -2.36. The van der Waals surface area contributed by atoms with Crippen LogP contribution in [-0.2, 0) is 0 Å². The smallest absolute Gasteiger partial charge is 0.0603 e. The van der Waals surface area contributed by atoms with Gasteiger partial charge in [-0.05, 0) is 24.2 Å². The monoisotopic (exact) mass is 170 g/mol. The molecule has 2 fully saturated rings. The van der Waals surface area contributed by atoms with Gasteiger partial charge in [-0.25, -0.2) is 0 Å². The molecule has 0 amide bonds. The molecule has 12 heavy (non-hydrogen) atoms. The van der Waals surface area contributed by atoms with E-state index in [0.717, 1.165) is 12.8 Å². The van der Waals surface area contributed by atoms with Crippen LogP contribution in [0.1, 0.15) is 33.6 Å². The molecule has 2 rings (SSSR count). The van der Waals surface area contributed by atoms with E-state index >= 15 is 0 Å². The lowest BCUT2D eigenvalue weighted by Gasteiger charge is -2.36. The highest BCUT2D eigenvalue weighted by molar-refractivity contribution is 5.13. The minimum atomic E-state index is -0.208. The first-order valence-electron chi connectivity index (χ1n) is 4.76. The Hall–Kier alpha value is -0.0800. The van der Waals surface area contributed by atoms with Crippen LogP contribution >= 0.6 is 0 Å². The zero-order valence-corrected chi connectivity index (χ0v) is 8.04. The average Bonchev–Trinajstić information content (AvgIpc) is 2.18. The topological polar surface area (TPSA) is 40.5 Å². The fourth-order valence-electron chi connectivity index (χ4n) is 3.26. The van der Waals surface area contributed by atoms with E-state index in [-0.39, 0.29) is 23.0 Å². The van der Waals surface area contributed by atoms with Crippen molar-refractivity contribution < 1.29 is 10.2 Å². The van der Waals surface area contributed by atoms with Gasteiger partial charge in [-0.3, -0.25) is 0 Å². The summed E-state index contributed by atoms with van der Waals surface area (Å²) in [6, 6.07) is 0. The molecule has 0 spiro atoms. The van der Waals surface area contributed by atoms with Crippen molar-refractivity contribution in [3.8, 4) is 0 Å². The number of aliphatic hydroxyl groups is 2. The summed E-state index contributed by atoms with van der Waals surface area (Å²) in [5, 5.41) is 19.5. The molecule has 0 heterocycles. The van der Waals surface area contributed by atoms with Gasteiger partial charge in [0.15, 0.2) is 0 Å². The predicted molar refractivity (Wildman–Crippen MR) is 46.6 cm³/mol. The van der Waals surface area contributed by atoms with E-state index in [1.54, 1.807) is 0 Å². The minimum absolute atomic E-state index is 0.0584. The first-order chi connectivity index (χ1) is 5.39. The SMILES string of the molecule is CC1(C)[C@H]2C[C@H](O)[C@@]1(C)C[C@H]2O. The zero-order chi connectivity index (χ0) is 9.15. The zero-order valence-electron chi connectivity index (χ0n) is 8.04. The highest BCUT2D eigenvalue weighted by Gasteiger charge is 2.64. The summed E-state index contributed by atoms with van der Waals surface area (Å²) in [6.07, 6.45) is 1.16. The van der Waals surface area contributed by atoms with Gasteiger partial charge in [0.25, 0.3) is 0 Å². The lowest BCUT2D eigenvalue weighted by molar-refractivity contribution is -0.00727. The van der Waals surface area contributed by atoms with Gasteiger partial charge in [0.1, 0.15) is 0 Å². The largest absolute Gasteiger partial charge is 0.393 e. The Bertz CT molecular complexity index is 212. The van der Waals surface area contributed by atoms with Crippen LogP contribution in [0.4, 0.5) is 0 Å². The van der Waals surface area contributed by atoms with Crippen LogP contribution < -0.4 is 0 Å². The molecule has 2 aliphatic carbocycles. The van der Waals surface area contributed by atoms with E-state index < -0.39 is 0 Å². The maximum atomic E-state index is 9.82. The van der Waals surface area contributed by atoms with Crippen molar-refractivity contribution in [2.45, 2.75) is 45.8 Å². The maximum absolute atomic E-state index is 9.82. The van der Waals surface area contributed by atoms with Crippen LogP contribution in [0.25, 0.3) is 0 Å². The molecule has 4 atom stereocenters. The van der Waals surface area contributed by atoms with Gasteiger partial charge >= 0.3 is 0 Å². The van der Waals surface area contributed by atoms with Gasteiger partial charge in [0.2, 0.25) is 0 Å². The fraction of sp³-hybridized carbons (Fsp3) is 1.00. The molecule has 2 saturated carbocycles. The van der Waals surface area contributed by atoms with Crippen LogP contribution in [0.5, 0.6) is 0 Å². The van der Waals surface area contributed by atoms with Crippen LogP contribution in [0.2, 0.25) is 0 Å². The minimum Gasteiger partial charge on any atom is -0.393 e. The van der Waals surface area contributed by atoms with Gasteiger partial charge in [0, 0.05) is 5.41 Å². The third-order valence-electron chi connectivity index (χ3n) is 4.71. The number of fused-ring (bicyclic) bond motifs is 2. The fourth-order valence-corrected chi connectivity index (χ4v) is 3.26. The predicted octanol–water partition coefficient (Wildman–Crippen LogP) is 1.16. The van der Waals surface area contributed by atoms with E-state index in [1.807, 2.05) is 0 Å². The highest BCUT2D eigenvalue weighted by Crippen LogP contribution is 2.65. The molecule has 2 nitrogen and oxygen atoms in total. The third kappa shape index (κ3) is 0.686. The Labute approximate surface area is 73.6 Å². The second-order valence-corrected chi connectivity index (χ2v) is 5.27. The Balaban J connectivity index is 2.41. The molecule has 0 radical (unpaired) electrons. The van der Waals surface area contributed by atoms with Crippen molar-refractivity contribution in [3.63, 3.8) is 0 Å². The van der Waals surface area contributed by atoms with Gasteiger partial charge < -0.3 is 10.2 Å². The summed E-state index contributed by atoms with van der Waals surface area (Å²) >= 11 is 0. The summed E-state index contributed by atoms with van der Waals surface area (Å²) in [5.41, 5.74) is 0.0446. The van der Waals surface area contributed by atoms with E-state index in [0.29, 0.717) is 5.92 Å². The van der Waals surface area contributed by atoms with E-state index in [1.165, 1.54) is 0 Å². The number of hydrogen-bond donors (Lipinski definition) is 2. The second kappa shape index (κ2) is 2.05. The normalized spacial score (nSPS) is 56.2. The molecule has 0 aliphatic heterocycles. The Morgan fingerprint density at radius 1 is 1.17 bits per heavy atom. The first-order valence-corrected chi connectivity index (χ1v) is 4.76. The highest BCUT2D eigenvalue weighted by atomic mass is 16.3. The van der Waals surface area contributed by atoms with Gasteiger partial charge in [-0.2, -0.15) is 0 Å². The van der Waals surface area contributed by atoms with Crippen molar-refractivity contribution in [1.82, 2.24) is 0 Å². The summed E-state index contributed by atoms with van der Waals surface area (Å²) in [7, 11) is 0. The molecular weight excluding hydrogens is 152 g/mol. The van der Waals surface area contributed by atoms with Crippen molar-refractivity contribution in [3.05, 3.63) is 0 Å². The van der Waals surface area contributed by atoms with E-state index in [4.69, 9.17) is 0 Å². The van der Waals surface area contributed by atoms with Crippen LogP contribution in [0, 0.1) is 16.7 Å². The second-order valence-electron chi connectivity index (χ2n) is 5.27. The Morgan fingerprint density at radius 3 is 2.00 bits per heavy atom. The van der Waals surface area contributed by atoms with Crippen LogP contribution in [0.15, 0.2) is 0 Å². The van der Waals surface area contributed by atoms with Gasteiger partial charge in [-0.1, -0.05) is 20.8 Å². The number of aliphatic hydroxyl groups excluding tert-OH is 2. The van der Waals surface area contributed by atoms with Crippen molar-refractivity contribution in [1.29, 1.82) is 0 Å². The number of hydrogen-bond acceptors (Lipinski definition) is 2. The standard InChI is InChI=1S/C10H18O2/c1-9(2)6-4-8(12)10(9,3)5-7(6)11/h6-8,11-12H,4-5H2,1-3H3/t6-,7+,8-,10+/m0/s1. The Morgan fingerprint density at radius 2 is 1.75 bits per heavy atom. The van der Waals surface area contributed by atoms with E-state index in [9.17, 15) is 10.2 Å². The van der Waals surface area contributed by atoms with Crippen LogP contribution in [0.3, 0.4) is 0 Å². The quantitative estimate of drug-likeness (QED) is 0.573. The number of rotatable bonds is 0. The first kappa shape index (κ1) is 8.52. The molecule has 0 aromatic carbocycles. The molecular formula is C10H18O2. The molecule has 0 saturated heterocycles. The van der Waals surface area contributed by atoms with E-state index in [2.05, 4.69) is 20.8 Å². The molecule has 2 aliphatic rings. The lowest BCUT2D eigenvalue weighted by atomic mass is 9.70.